The number of aromatic nitrogens is 2. The van der Waals surface area contributed by atoms with Gasteiger partial charge in [0.2, 0.25) is 0 Å². The maximum atomic E-state index is 12.5. The topological polar surface area (TPSA) is 94.8 Å². The molecule has 1 aliphatic heterocycles. The minimum absolute atomic E-state index is 0.0536. The standard InChI is InChI=1S/C22H22N4O4/c1-3-30-19-11-14(6-9-18(19)29-2)13-23-25-21(27)15-7-8-16-17(12-15)24-20-5-4-10-26(20)22(16)28/h6-9,11-13H,3-5,10H2,1-2H3,(H,25,27)/b23-13-. The third-order valence-electron chi connectivity index (χ3n) is 4.95. The maximum Gasteiger partial charge on any atom is 0.271 e. The number of fused-ring (bicyclic) bond motifs is 2. The van der Waals surface area contributed by atoms with Crippen LogP contribution in [0.5, 0.6) is 11.5 Å². The van der Waals surface area contributed by atoms with Crippen molar-refractivity contribution in [2.45, 2.75) is 26.3 Å². The van der Waals surface area contributed by atoms with Gasteiger partial charge in [-0.3, -0.25) is 14.2 Å². The molecule has 0 unspecified atom stereocenters. The van der Waals surface area contributed by atoms with Crippen LogP contribution < -0.4 is 20.5 Å². The summed E-state index contributed by atoms with van der Waals surface area (Å²) >= 11 is 0. The van der Waals surface area contributed by atoms with E-state index in [0.717, 1.165) is 24.2 Å². The molecule has 0 saturated heterocycles. The van der Waals surface area contributed by atoms with Gasteiger partial charge in [0.15, 0.2) is 11.5 Å². The Hall–Kier alpha value is -3.68. The fraction of sp³-hybridized carbons (Fsp3) is 0.273. The molecule has 3 aromatic rings. The molecule has 0 radical (unpaired) electrons. The summed E-state index contributed by atoms with van der Waals surface area (Å²) in [6.07, 6.45) is 3.22. The summed E-state index contributed by atoms with van der Waals surface area (Å²) in [6, 6.07) is 10.3. The molecule has 1 aliphatic rings. The van der Waals surface area contributed by atoms with Gasteiger partial charge in [0.05, 0.1) is 30.8 Å². The zero-order valence-electron chi connectivity index (χ0n) is 16.8. The van der Waals surface area contributed by atoms with Crippen LogP contribution in [0.4, 0.5) is 0 Å². The molecule has 0 spiro atoms. The maximum absolute atomic E-state index is 12.5. The van der Waals surface area contributed by atoms with Crippen molar-refractivity contribution in [3.63, 3.8) is 0 Å². The molecule has 0 aliphatic carbocycles. The van der Waals surface area contributed by atoms with Crippen molar-refractivity contribution in [3.05, 3.63) is 63.7 Å². The number of rotatable bonds is 6. The van der Waals surface area contributed by atoms with Gasteiger partial charge in [-0.15, -0.1) is 0 Å². The first-order chi connectivity index (χ1) is 14.6. The highest BCUT2D eigenvalue weighted by Crippen LogP contribution is 2.27. The van der Waals surface area contributed by atoms with E-state index in [1.165, 1.54) is 6.21 Å². The number of amides is 1. The second kappa shape index (κ2) is 8.36. The highest BCUT2D eigenvalue weighted by atomic mass is 16.5. The van der Waals surface area contributed by atoms with Gasteiger partial charge in [0, 0.05) is 18.5 Å². The van der Waals surface area contributed by atoms with Crippen molar-refractivity contribution in [2.24, 2.45) is 5.10 Å². The van der Waals surface area contributed by atoms with Gasteiger partial charge in [0.1, 0.15) is 5.82 Å². The number of carbonyl (C=O) groups excluding carboxylic acids is 1. The van der Waals surface area contributed by atoms with Crippen LogP contribution in [0.1, 0.15) is 35.1 Å². The third-order valence-corrected chi connectivity index (χ3v) is 4.95. The van der Waals surface area contributed by atoms with Crippen LogP contribution in [-0.4, -0.2) is 35.4 Å². The van der Waals surface area contributed by atoms with Crippen LogP contribution in [0.2, 0.25) is 0 Å². The zero-order chi connectivity index (χ0) is 21.1. The molecule has 1 aromatic heterocycles. The van der Waals surface area contributed by atoms with Gasteiger partial charge in [-0.2, -0.15) is 5.10 Å². The Morgan fingerprint density at radius 3 is 2.93 bits per heavy atom. The van der Waals surface area contributed by atoms with Gasteiger partial charge < -0.3 is 9.47 Å². The van der Waals surface area contributed by atoms with E-state index in [9.17, 15) is 9.59 Å². The molecule has 2 aromatic carbocycles. The van der Waals surface area contributed by atoms with Gasteiger partial charge in [-0.05, 0) is 55.3 Å². The van der Waals surface area contributed by atoms with Crippen molar-refractivity contribution < 1.29 is 14.3 Å². The predicted molar refractivity (Wildman–Crippen MR) is 114 cm³/mol. The lowest BCUT2D eigenvalue weighted by Gasteiger charge is -2.09. The second-order valence-electron chi connectivity index (χ2n) is 6.86. The van der Waals surface area contributed by atoms with E-state index in [1.54, 1.807) is 42.0 Å². The molecule has 8 heteroatoms. The molecule has 154 valence electrons. The number of hydrogen-bond acceptors (Lipinski definition) is 6. The normalized spacial score (nSPS) is 12.9. The smallest absolute Gasteiger partial charge is 0.271 e. The van der Waals surface area contributed by atoms with Crippen molar-refractivity contribution in [1.82, 2.24) is 15.0 Å². The number of nitrogens with one attached hydrogen (secondary N) is 1. The van der Waals surface area contributed by atoms with Crippen LogP contribution in [0.15, 0.2) is 46.3 Å². The second-order valence-corrected chi connectivity index (χ2v) is 6.86. The van der Waals surface area contributed by atoms with E-state index in [4.69, 9.17) is 9.47 Å². The molecule has 0 saturated carbocycles. The molecule has 1 amide bonds. The van der Waals surface area contributed by atoms with Gasteiger partial charge in [-0.1, -0.05) is 0 Å². The molecule has 1 N–H and O–H groups in total. The zero-order valence-corrected chi connectivity index (χ0v) is 16.8. The van der Waals surface area contributed by atoms with Crippen LogP contribution in [0.3, 0.4) is 0 Å². The lowest BCUT2D eigenvalue weighted by atomic mass is 10.1. The first-order valence-corrected chi connectivity index (χ1v) is 9.78. The molecule has 0 fully saturated rings. The molecule has 4 rings (SSSR count). The Kier molecular flexibility index (Phi) is 5.47. The molecule has 30 heavy (non-hydrogen) atoms. The highest BCUT2D eigenvalue weighted by molar-refractivity contribution is 5.98. The van der Waals surface area contributed by atoms with Gasteiger partial charge in [-0.25, -0.2) is 10.4 Å². The average Bonchev–Trinajstić information content (AvgIpc) is 3.23. The summed E-state index contributed by atoms with van der Waals surface area (Å²) in [7, 11) is 1.58. The number of carbonyl (C=O) groups is 1. The number of aryl methyl sites for hydroxylation is 1. The summed E-state index contributed by atoms with van der Waals surface area (Å²) in [5.74, 6) is 1.63. The Morgan fingerprint density at radius 2 is 2.13 bits per heavy atom. The molecule has 0 bridgehead atoms. The Balaban J connectivity index is 1.51. The number of methoxy groups -OCH3 is 1. The minimum Gasteiger partial charge on any atom is -0.493 e. The lowest BCUT2D eigenvalue weighted by molar-refractivity contribution is 0.0955. The van der Waals surface area contributed by atoms with E-state index < -0.39 is 0 Å². The van der Waals surface area contributed by atoms with E-state index >= 15 is 0 Å². The van der Waals surface area contributed by atoms with Gasteiger partial charge >= 0.3 is 0 Å². The summed E-state index contributed by atoms with van der Waals surface area (Å²) in [6.45, 7) is 3.10. The average molecular weight is 406 g/mol. The number of benzene rings is 2. The Bertz CT molecular complexity index is 1200. The molecule has 8 nitrogen and oxygen atoms in total. The van der Waals surface area contributed by atoms with Crippen molar-refractivity contribution >= 4 is 23.0 Å². The van der Waals surface area contributed by atoms with E-state index in [1.807, 2.05) is 13.0 Å². The minimum atomic E-state index is -0.380. The van der Waals surface area contributed by atoms with Gasteiger partial charge in [0.25, 0.3) is 11.5 Å². The molecular formula is C22H22N4O4. The van der Waals surface area contributed by atoms with Crippen molar-refractivity contribution in [2.75, 3.05) is 13.7 Å². The number of hydrazone groups is 1. The fourth-order valence-electron chi connectivity index (χ4n) is 3.50. The quantitative estimate of drug-likeness (QED) is 0.501. The predicted octanol–water partition coefficient (Wildman–Crippen LogP) is 2.51. The van der Waals surface area contributed by atoms with E-state index in [-0.39, 0.29) is 11.5 Å². The monoisotopic (exact) mass is 406 g/mol. The third kappa shape index (κ3) is 3.76. The molecule has 0 atom stereocenters. The number of nitrogens with zero attached hydrogens (tertiary/aromatic N) is 3. The van der Waals surface area contributed by atoms with E-state index in [2.05, 4.69) is 15.5 Å². The van der Waals surface area contributed by atoms with Crippen molar-refractivity contribution in [1.29, 1.82) is 0 Å². The van der Waals surface area contributed by atoms with Crippen LogP contribution in [0, 0.1) is 0 Å². The fourth-order valence-corrected chi connectivity index (χ4v) is 3.50. The summed E-state index contributed by atoms with van der Waals surface area (Å²) in [5, 5.41) is 4.54. The van der Waals surface area contributed by atoms with E-state index in [0.29, 0.717) is 41.1 Å². The Morgan fingerprint density at radius 1 is 1.27 bits per heavy atom. The molecular weight excluding hydrogens is 384 g/mol. The lowest BCUT2D eigenvalue weighted by Crippen LogP contribution is -2.22. The van der Waals surface area contributed by atoms with Crippen LogP contribution in [-0.2, 0) is 13.0 Å². The van der Waals surface area contributed by atoms with Crippen molar-refractivity contribution in [3.8, 4) is 11.5 Å². The Labute approximate surface area is 173 Å². The first kappa shape index (κ1) is 19.6. The first-order valence-electron chi connectivity index (χ1n) is 9.78. The van der Waals surface area contributed by atoms with Crippen LogP contribution in [0.25, 0.3) is 10.9 Å². The molecule has 2 heterocycles. The van der Waals surface area contributed by atoms with Crippen LogP contribution >= 0.6 is 0 Å². The summed E-state index contributed by atoms with van der Waals surface area (Å²) in [4.78, 5) is 29.6. The largest absolute Gasteiger partial charge is 0.493 e. The SMILES string of the molecule is CCOc1cc(/C=N\NC(=O)c2ccc3c(=O)n4c(nc3c2)CCC4)ccc1OC. The number of hydrogen-bond donors (Lipinski definition) is 1. The summed E-state index contributed by atoms with van der Waals surface area (Å²) < 4.78 is 12.5. The summed E-state index contributed by atoms with van der Waals surface area (Å²) in [5.41, 5.74) is 4.12. The number of ether oxygens (including phenoxy) is 2. The highest BCUT2D eigenvalue weighted by Gasteiger charge is 2.17.